The zero-order valence-corrected chi connectivity index (χ0v) is 27.2. The van der Waals surface area contributed by atoms with Crippen LogP contribution in [0.15, 0.2) is 72.9 Å². The first-order valence-electron chi connectivity index (χ1n) is 15.7. The smallest absolute Gasteiger partial charge is 0.407 e. The lowest BCUT2D eigenvalue weighted by Crippen LogP contribution is -2.49. The Morgan fingerprint density at radius 1 is 1.06 bits per heavy atom. The number of fused-ring (bicyclic) bond motifs is 2. The van der Waals surface area contributed by atoms with Crippen LogP contribution < -0.4 is 4.74 Å². The fraction of sp³-hybridized carbons (Fsp3) is 0.278. The number of rotatable bonds is 7. The number of methoxy groups -OCH3 is 1. The molecule has 2 aromatic carbocycles. The van der Waals surface area contributed by atoms with E-state index in [9.17, 15) is 24.2 Å². The lowest BCUT2D eigenvalue weighted by atomic mass is 9.88. The van der Waals surface area contributed by atoms with Crippen LogP contribution in [0.3, 0.4) is 0 Å². The molecule has 10 nitrogen and oxygen atoms in total. The predicted octanol–water partition coefficient (Wildman–Crippen LogP) is 6.17. The van der Waals surface area contributed by atoms with Crippen molar-refractivity contribution in [2.75, 3.05) is 33.4 Å². The van der Waals surface area contributed by atoms with Crippen molar-refractivity contribution in [3.63, 3.8) is 0 Å². The first kappa shape index (κ1) is 31.5. The van der Waals surface area contributed by atoms with Gasteiger partial charge in [-0.1, -0.05) is 18.7 Å². The number of carbonyl (C=O) groups is 2. The van der Waals surface area contributed by atoms with Crippen molar-refractivity contribution >= 4 is 33.4 Å². The monoisotopic (exact) mass is 667 g/mol. The number of ether oxygens (including phenoxy) is 1. The molecular weight excluding hydrogens is 633 g/mol. The first-order chi connectivity index (χ1) is 23.2. The number of carbonyl (C=O) groups excluding carboxylic acids is 1. The molecule has 12 heteroatoms. The highest BCUT2D eigenvalue weighted by atomic mass is 32.1. The van der Waals surface area contributed by atoms with Crippen LogP contribution in [-0.2, 0) is 23.3 Å². The Labute approximate surface area is 280 Å². The van der Waals surface area contributed by atoms with E-state index in [0.717, 1.165) is 38.0 Å². The summed E-state index contributed by atoms with van der Waals surface area (Å²) in [4.78, 5) is 32.3. The number of pyridine rings is 1. The number of nitrogens with zero attached hydrogens (tertiary/aromatic N) is 5. The molecule has 2 aliphatic heterocycles. The van der Waals surface area contributed by atoms with Gasteiger partial charge in [-0.2, -0.15) is 5.10 Å². The largest absolute Gasteiger partial charge is 0.496 e. The van der Waals surface area contributed by atoms with Gasteiger partial charge in [0.15, 0.2) is 0 Å². The minimum absolute atomic E-state index is 0.136. The maximum absolute atomic E-state index is 14.4. The molecule has 246 valence electrons. The number of benzene rings is 2. The summed E-state index contributed by atoms with van der Waals surface area (Å²) in [6, 6.07) is 12.5. The van der Waals surface area contributed by atoms with Crippen LogP contribution in [0.25, 0.3) is 43.7 Å². The number of aromatic nitrogens is 3. The van der Waals surface area contributed by atoms with E-state index in [1.165, 1.54) is 30.2 Å². The number of amides is 2. The van der Waals surface area contributed by atoms with E-state index in [2.05, 4.69) is 12.6 Å². The number of aliphatic hydroxyl groups is 1. The van der Waals surface area contributed by atoms with Gasteiger partial charge < -0.3 is 24.7 Å². The van der Waals surface area contributed by atoms with Crippen LogP contribution in [0.5, 0.6) is 5.75 Å². The van der Waals surface area contributed by atoms with Gasteiger partial charge in [0.2, 0.25) is 5.91 Å². The van der Waals surface area contributed by atoms with Crippen LogP contribution in [0.1, 0.15) is 24.0 Å². The summed E-state index contributed by atoms with van der Waals surface area (Å²) in [5.74, 6) is -0.183. The summed E-state index contributed by atoms with van der Waals surface area (Å²) in [7, 11) is 1.51. The second-order valence-corrected chi connectivity index (χ2v) is 13.1. The molecule has 0 saturated carbocycles. The lowest BCUT2D eigenvalue weighted by Gasteiger charge is -2.40. The highest BCUT2D eigenvalue weighted by Crippen LogP contribution is 2.46. The van der Waals surface area contributed by atoms with Gasteiger partial charge in [-0.25, -0.2) is 14.2 Å². The van der Waals surface area contributed by atoms with E-state index in [1.807, 2.05) is 29.8 Å². The number of aliphatic hydroxyl groups excluding tert-OH is 1. The molecule has 0 aliphatic carbocycles. The molecule has 0 bridgehead atoms. The molecule has 5 aromatic rings. The van der Waals surface area contributed by atoms with Gasteiger partial charge in [0.05, 0.1) is 36.8 Å². The summed E-state index contributed by atoms with van der Waals surface area (Å²) in [6.07, 6.45) is 5.63. The Balaban J connectivity index is 1.38. The van der Waals surface area contributed by atoms with Crippen LogP contribution in [0.4, 0.5) is 9.18 Å². The number of piperidine rings is 1. The van der Waals surface area contributed by atoms with Crippen molar-refractivity contribution in [1.82, 2.24) is 24.6 Å². The third-order valence-electron chi connectivity index (χ3n) is 9.62. The number of halogens is 1. The number of likely N-dealkylation sites (tertiary alicyclic amines) is 1. The van der Waals surface area contributed by atoms with Gasteiger partial charge in [0.1, 0.15) is 11.6 Å². The number of hydrogen-bond acceptors (Lipinski definition) is 7. The molecule has 0 spiro atoms. The third kappa shape index (κ3) is 5.40. The van der Waals surface area contributed by atoms with Crippen LogP contribution >= 0.6 is 11.3 Å². The molecule has 5 heterocycles. The van der Waals surface area contributed by atoms with Crippen molar-refractivity contribution < 1.29 is 28.9 Å². The van der Waals surface area contributed by atoms with E-state index in [1.54, 1.807) is 33.2 Å². The van der Waals surface area contributed by atoms with Crippen LogP contribution in [-0.4, -0.2) is 80.1 Å². The summed E-state index contributed by atoms with van der Waals surface area (Å²) >= 11 is 1.55. The molecule has 3 aromatic heterocycles. The minimum atomic E-state index is -0.929. The molecule has 7 rings (SSSR count). The summed E-state index contributed by atoms with van der Waals surface area (Å²) < 4.78 is 22.8. The zero-order valence-electron chi connectivity index (χ0n) is 26.4. The molecule has 1 fully saturated rings. The highest BCUT2D eigenvalue weighted by Gasteiger charge is 2.38. The van der Waals surface area contributed by atoms with Crippen molar-refractivity contribution in [2.45, 2.75) is 31.3 Å². The Bertz CT molecular complexity index is 2070. The van der Waals surface area contributed by atoms with Gasteiger partial charge in [0, 0.05) is 70.8 Å². The van der Waals surface area contributed by atoms with Gasteiger partial charge >= 0.3 is 6.09 Å². The van der Waals surface area contributed by atoms with Crippen LogP contribution in [0, 0.1) is 5.82 Å². The van der Waals surface area contributed by atoms with E-state index >= 15 is 0 Å². The van der Waals surface area contributed by atoms with Crippen molar-refractivity contribution in [3.05, 3.63) is 89.8 Å². The Morgan fingerprint density at radius 3 is 2.60 bits per heavy atom. The number of hydrogen-bond donors (Lipinski definition) is 2. The quantitative estimate of drug-likeness (QED) is 0.199. The molecule has 2 aliphatic rings. The van der Waals surface area contributed by atoms with Crippen molar-refractivity contribution in [3.8, 4) is 39.4 Å². The van der Waals surface area contributed by atoms with Crippen LogP contribution in [0.2, 0.25) is 0 Å². The van der Waals surface area contributed by atoms with Gasteiger partial charge in [0.25, 0.3) is 0 Å². The predicted molar refractivity (Wildman–Crippen MR) is 181 cm³/mol. The molecular formula is C36H34FN5O5S. The lowest BCUT2D eigenvalue weighted by molar-refractivity contribution is -0.128. The maximum atomic E-state index is 14.4. The topological polar surface area (TPSA) is 121 Å². The van der Waals surface area contributed by atoms with Crippen molar-refractivity contribution in [1.29, 1.82) is 0 Å². The summed E-state index contributed by atoms with van der Waals surface area (Å²) in [5, 5.41) is 27.8. The van der Waals surface area contributed by atoms with Crippen molar-refractivity contribution in [2.24, 2.45) is 0 Å². The fourth-order valence-electron chi connectivity index (χ4n) is 6.88. The van der Waals surface area contributed by atoms with E-state index < -0.39 is 17.4 Å². The van der Waals surface area contributed by atoms with E-state index in [4.69, 9.17) is 14.8 Å². The Kier molecular flexibility index (Phi) is 8.22. The highest BCUT2D eigenvalue weighted by molar-refractivity contribution is 7.18. The second-order valence-electron chi connectivity index (χ2n) is 12.2. The average Bonchev–Trinajstić information content (AvgIpc) is 3.82. The molecule has 0 radical (unpaired) electrons. The zero-order chi connectivity index (χ0) is 33.6. The standard InChI is InChI=1S/C36H34FN5O5S/c1-3-30(44)40-13-10-36(21-43,11-14-40)42-20-25(18-38-42)33-31(27-7-6-26(37)17-29(27)47-2)34-28(9-15-48-34)32(39-33)23-4-5-24-19-41(35(45)46)12-8-22(24)16-23/h3-7,9,15-18,20,43H,1,8,10-14,19,21H2,2H3,(H,45,46). The summed E-state index contributed by atoms with van der Waals surface area (Å²) in [5.41, 5.74) is 5.80. The SMILES string of the molecule is C=CC(=O)N1CCC(CO)(n2cc(-c3nc(-c4ccc5c(c4)CCN(C(=O)O)C5)c4ccsc4c3-c3ccc(F)cc3OC)cn2)CC1. The average molecular weight is 668 g/mol. The molecule has 1 saturated heterocycles. The normalized spacial score (nSPS) is 15.7. The fourth-order valence-corrected chi connectivity index (χ4v) is 7.83. The molecule has 48 heavy (non-hydrogen) atoms. The molecule has 2 amide bonds. The van der Waals surface area contributed by atoms with E-state index in [0.29, 0.717) is 68.0 Å². The molecule has 0 atom stereocenters. The Morgan fingerprint density at radius 2 is 1.88 bits per heavy atom. The third-order valence-corrected chi connectivity index (χ3v) is 10.6. The molecule has 0 unspecified atom stereocenters. The van der Waals surface area contributed by atoms with Gasteiger partial charge in [-0.3, -0.25) is 9.48 Å². The number of thiophene rings is 1. The summed E-state index contributed by atoms with van der Waals surface area (Å²) in [6.45, 7) is 5.13. The second kappa shape index (κ2) is 12.5. The maximum Gasteiger partial charge on any atom is 0.407 e. The van der Waals surface area contributed by atoms with Gasteiger partial charge in [-0.05, 0) is 66.1 Å². The Hall–Kier alpha value is -5.07. The van der Waals surface area contributed by atoms with E-state index in [-0.39, 0.29) is 12.5 Å². The molecule has 2 N–H and O–H groups in total. The first-order valence-corrected chi connectivity index (χ1v) is 16.6. The number of carboxylic acid groups (broad SMARTS) is 1. The minimum Gasteiger partial charge on any atom is -0.496 e. The van der Waals surface area contributed by atoms with Gasteiger partial charge in [-0.15, -0.1) is 11.3 Å².